The summed E-state index contributed by atoms with van der Waals surface area (Å²) in [4.78, 5) is 0. The molecule has 2 aromatic heterocycles. The highest BCUT2D eigenvalue weighted by Crippen LogP contribution is 2.47. The Bertz CT molecular complexity index is 1090. The molecule has 2 aliphatic rings. The molecule has 28 heavy (non-hydrogen) atoms. The molecule has 0 saturated carbocycles. The quantitative estimate of drug-likeness (QED) is 0.869. The van der Waals surface area contributed by atoms with E-state index in [4.69, 9.17) is 10.5 Å². The van der Waals surface area contributed by atoms with E-state index in [1.165, 1.54) is 0 Å². The Morgan fingerprint density at radius 2 is 1.89 bits per heavy atom. The second-order valence-electron chi connectivity index (χ2n) is 7.49. The fourth-order valence-electron chi connectivity index (χ4n) is 4.24. The lowest BCUT2D eigenvalue weighted by molar-refractivity contribution is 0.277. The highest BCUT2D eigenvalue weighted by atomic mass is 16.5. The molecule has 1 atom stereocenters. The molecule has 2 N–H and O–H groups in total. The Hall–Kier alpha value is -3.27. The number of nitriles is 1. The van der Waals surface area contributed by atoms with Gasteiger partial charge in [0, 0.05) is 37.6 Å². The third kappa shape index (κ3) is 2.91. The van der Waals surface area contributed by atoms with E-state index in [-0.39, 0.29) is 11.8 Å². The lowest BCUT2D eigenvalue weighted by Gasteiger charge is -2.33. The van der Waals surface area contributed by atoms with Gasteiger partial charge in [-0.1, -0.05) is 0 Å². The maximum Gasteiger partial charge on any atom is 0.205 e. The third-order valence-corrected chi connectivity index (χ3v) is 5.45. The predicted octanol–water partition coefficient (Wildman–Crippen LogP) is 3.10. The fraction of sp³-hybridized carbons (Fsp3) is 0.381. The van der Waals surface area contributed by atoms with Crippen LogP contribution in [0.4, 0.5) is 0 Å². The number of ether oxygens (including phenoxy) is 1. The Morgan fingerprint density at radius 3 is 2.50 bits per heavy atom. The van der Waals surface area contributed by atoms with Gasteiger partial charge in [-0.05, 0) is 50.3 Å². The summed E-state index contributed by atoms with van der Waals surface area (Å²) in [7, 11) is 3.81. The van der Waals surface area contributed by atoms with Gasteiger partial charge in [-0.25, -0.2) is 0 Å². The predicted molar refractivity (Wildman–Crippen MR) is 105 cm³/mol. The number of nitrogens with zero attached hydrogens (tertiary/aromatic N) is 5. The molecule has 0 saturated heterocycles. The molecule has 1 aliphatic carbocycles. The van der Waals surface area contributed by atoms with Crippen LogP contribution in [0.5, 0.6) is 0 Å². The summed E-state index contributed by atoms with van der Waals surface area (Å²) < 4.78 is 9.61. The summed E-state index contributed by atoms with van der Waals surface area (Å²) in [6.07, 6.45) is 8.89. The number of allylic oxidation sites excluding steroid dienone is 3. The fourth-order valence-corrected chi connectivity index (χ4v) is 4.24. The second-order valence-corrected chi connectivity index (χ2v) is 7.49. The van der Waals surface area contributed by atoms with Crippen molar-refractivity contribution in [3.63, 3.8) is 0 Å². The van der Waals surface area contributed by atoms with E-state index >= 15 is 0 Å². The van der Waals surface area contributed by atoms with Gasteiger partial charge in [0.25, 0.3) is 0 Å². The lowest BCUT2D eigenvalue weighted by Crippen LogP contribution is -2.24. The first-order chi connectivity index (χ1) is 13.4. The van der Waals surface area contributed by atoms with Crippen LogP contribution in [0.2, 0.25) is 0 Å². The standard InChI is InChI=1S/C21H24N6O/c1-12-15(10-26(3)24-12)8-14-6-5-7-16-19(18-11-27(4)25-13(18)2)17(9-22)21(23)28-20(14)16/h8,10-11,19H,5-7,23H2,1-4H3/b14-8+/t19-/m1/s1. The van der Waals surface area contributed by atoms with E-state index in [1.807, 2.05) is 45.0 Å². The van der Waals surface area contributed by atoms with Crippen molar-refractivity contribution in [1.82, 2.24) is 19.6 Å². The first-order valence-corrected chi connectivity index (χ1v) is 9.41. The molecule has 2 aromatic rings. The zero-order chi connectivity index (χ0) is 20.0. The molecule has 0 fully saturated rings. The van der Waals surface area contributed by atoms with E-state index in [0.717, 1.165) is 58.7 Å². The van der Waals surface area contributed by atoms with Crippen molar-refractivity contribution in [2.24, 2.45) is 19.8 Å². The molecule has 1 aliphatic heterocycles. The van der Waals surface area contributed by atoms with Gasteiger partial charge in [0.15, 0.2) is 0 Å². The Kier molecular flexibility index (Phi) is 4.34. The number of aromatic nitrogens is 4. The van der Waals surface area contributed by atoms with Gasteiger partial charge in [0.2, 0.25) is 5.88 Å². The van der Waals surface area contributed by atoms with Gasteiger partial charge in [-0.15, -0.1) is 0 Å². The number of aryl methyl sites for hydroxylation is 4. The summed E-state index contributed by atoms with van der Waals surface area (Å²) in [5.41, 5.74) is 12.8. The van der Waals surface area contributed by atoms with Gasteiger partial charge in [-0.2, -0.15) is 15.5 Å². The van der Waals surface area contributed by atoms with Crippen LogP contribution in [-0.4, -0.2) is 19.6 Å². The lowest BCUT2D eigenvalue weighted by atomic mass is 9.77. The average Bonchev–Trinajstić information content (AvgIpc) is 3.14. The molecule has 0 unspecified atom stereocenters. The van der Waals surface area contributed by atoms with Crippen LogP contribution in [0.3, 0.4) is 0 Å². The number of rotatable bonds is 2. The van der Waals surface area contributed by atoms with Crippen molar-refractivity contribution >= 4 is 6.08 Å². The van der Waals surface area contributed by atoms with Crippen LogP contribution in [0.25, 0.3) is 6.08 Å². The van der Waals surface area contributed by atoms with Crippen LogP contribution in [0.15, 0.2) is 40.8 Å². The molecule has 0 bridgehead atoms. The van der Waals surface area contributed by atoms with Crippen LogP contribution in [-0.2, 0) is 18.8 Å². The molecular formula is C21H24N6O. The van der Waals surface area contributed by atoms with Crippen molar-refractivity contribution in [2.45, 2.75) is 39.0 Å². The van der Waals surface area contributed by atoms with Gasteiger partial charge in [-0.3, -0.25) is 9.36 Å². The maximum atomic E-state index is 9.78. The van der Waals surface area contributed by atoms with Crippen molar-refractivity contribution in [1.29, 1.82) is 5.26 Å². The molecular weight excluding hydrogens is 352 g/mol. The Balaban J connectivity index is 1.87. The largest absolute Gasteiger partial charge is 0.440 e. The summed E-state index contributed by atoms with van der Waals surface area (Å²) in [5, 5.41) is 18.7. The Labute approximate surface area is 164 Å². The third-order valence-electron chi connectivity index (χ3n) is 5.45. The van der Waals surface area contributed by atoms with Gasteiger partial charge >= 0.3 is 0 Å². The molecule has 0 amide bonds. The molecule has 3 heterocycles. The zero-order valence-corrected chi connectivity index (χ0v) is 16.7. The first kappa shape index (κ1) is 18.1. The summed E-state index contributed by atoms with van der Waals surface area (Å²) in [6.45, 7) is 3.96. The highest BCUT2D eigenvalue weighted by Gasteiger charge is 2.37. The van der Waals surface area contributed by atoms with Crippen LogP contribution in [0.1, 0.15) is 47.7 Å². The van der Waals surface area contributed by atoms with E-state index in [0.29, 0.717) is 5.57 Å². The van der Waals surface area contributed by atoms with Crippen molar-refractivity contribution in [3.8, 4) is 6.07 Å². The van der Waals surface area contributed by atoms with Crippen molar-refractivity contribution in [3.05, 3.63) is 63.3 Å². The second kappa shape index (κ2) is 6.71. The SMILES string of the molecule is Cc1nn(C)cc1/C=C1\CCCC2=C1OC(N)=C(C#N)[C@@H]2c1cn(C)nc1C. The molecule has 7 nitrogen and oxygen atoms in total. The van der Waals surface area contributed by atoms with Gasteiger partial charge in [0.1, 0.15) is 17.4 Å². The first-order valence-electron chi connectivity index (χ1n) is 9.41. The van der Waals surface area contributed by atoms with E-state index in [1.54, 1.807) is 4.68 Å². The number of hydrogen-bond donors (Lipinski definition) is 1. The minimum Gasteiger partial charge on any atom is -0.440 e. The minimum absolute atomic E-state index is 0.185. The van der Waals surface area contributed by atoms with Gasteiger partial charge < -0.3 is 10.5 Å². The molecule has 0 spiro atoms. The molecule has 0 radical (unpaired) electrons. The van der Waals surface area contributed by atoms with Gasteiger partial charge in [0.05, 0.1) is 17.3 Å². The zero-order valence-electron chi connectivity index (χ0n) is 16.7. The summed E-state index contributed by atoms with van der Waals surface area (Å²) in [6, 6.07) is 2.27. The number of nitrogens with two attached hydrogens (primary N) is 1. The van der Waals surface area contributed by atoms with E-state index in [9.17, 15) is 5.26 Å². The van der Waals surface area contributed by atoms with Crippen LogP contribution in [0, 0.1) is 25.2 Å². The molecule has 144 valence electrons. The molecule has 4 rings (SSSR count). The van der Waals surface area contributed by atoms with E-state index in [2.05, 4.69) is 22.3 Å². The number of hydrogen-bond acceptors (Lipinski definition) is 5. The molecule has 7 heteroatoms. The monoisotopic (exact) mass is 376 g/mol. The molecule has 0 aromatic carbocycles. The average molecular weight is 376 g/mol. The van der Waals surface area contributed by atoms with Crippen LogP contribution >= 0.6 is 0 Å². The maximum absolute atomic E-state index is 9.78. The highest BCUT2D eigenvalue weighted by molar-refractivity contribution is 5.63. The van der Waals surface area contributed by atoms with Crippen molar-refractivity contribution < 1.29 is 4.74 Å². The van der Waals surface area contributed by atoms with Crippen LogP contribution < -0.4 is 5.73 Å². The van der Waals surface area contributed by atoms with E-state index < -0.39 is 0 Å². The minimum atomic E-state index is -0.207. The summed E-state index contributed by atoms with van der Waals surface area (Å²) in [5.74, 6) is 0.783. The van der Waals surface area contributed by atoms with Crippen molar-refractivity contribution in [2.75, 3.05) is 0 Å². The normalized spacial score (nSPS) is 21.0. The Morgan fingerprint density at radius 1 is 1.18 bits per heavy atom. The smallest absolute Gasteiger partial charge is 0.205 e. The topological polar surface area (TPSA) is 94.7 Å². The summed E-state index contributed by atoms with van der Waals surface area (Å²) >= 11 is 0.